The molecule has 0 radical (unpaired) electrons. The zero-order valence-corrected chi connectivity index (χ0v) is 9.92. The molecule has 0 aliphatic heterocycles. The minimum Gasteiger partial charge on any atom is -0.309 e. The van der Waals surface area contributed by atoms with Gasteiger partial charge in [0.1, 0.15) is 5.82 Å². The highest BCUT2D eigenvalue weighted by Crippen LogP contribution is 2.17. The quantitative estimate of drug-likeness (QED) is 0.846. The highest BCUT2D eigenvalue weighted by atomic mass is 19.1. The molecule has 1 aromatic rings. The number of halogens is 1. The maximum Gasteiger partial charge on any atom is 0.123 e. The van der Waals surface area contributed by atoms with Crippen LogP contribution in [0.15, 0.2) is 24.3 Å². The molecule has 1 aromatic carbocycles. The molecule has 0 saturated heterocycles. The molecule has 1 N–H and O–H groups in total. The lowest BCUT2D eigenvalue weighted by molar-refractivity contribution is 0.414. The summed E-state index contributed by atoms with van der Waals surface area (Å²) in [6.45, 7) is 6.29. The van der Waals surface area contributed by atoms with Gasteiger partial charge in [-0.3, -0.25) is 0 Å². The van der Waals surface area contributed by atoms with E-state index in [4.69, 9.17) is 5.26 Å². The minimum atomic E-state index is -0.401. The van der Waals surface area contributed by atoms with E-state index in [1.807, 2.05) is 26.8 Å². The summed E-state index contributed by atoms with van der Waals surface area (Å²) in [6.07, 6.45) is 0. The number of nitrogens with one attached hydrogen (secondary N) is 1. The Labute approximate surface area is 96.1 Å². The van der Waals surface area contributed by atoms with Gasteiger partial charge in [0.05, 0.1) is 11.5 Å². The Morgan fingerprint density at radius 2 is 2.19 bits per heavy atom. The lowest BCUT2D eigenvalue weighted by Gasteiger charge is -2.20. The van der Waals surface area contributed by atoms with Gasteiger partial charge in [0, 0.05) is 12.6 Å². The number of hydrogen-bond donors (Lipinski definition) is 1. The smallest absolute Gasteiger partial charge is 0.123 e. The third-order valence-electron chi connectivity index (χ3n) is 2.50. The normalized spacial score (nSPS) is 13.2. The summed E-state index contributed by atoms with van der Waals surface area (Å²) in [6, 6.07) is 8.77. The van der Waals surface area contributed by atoms with Gasteiger partial charge in [0.15, 0.2) is 0 Å². The zero-order valence-electron chi connectivity index (χ0n) is 9.92. The van der Waals surface area contributed by atoms with Gasteiger partial charge in [-0.25, -0.2) is 4.39 Å². The predicted molar refractivity (Wildman–Crippen MR) is 62.2 cm³/mol. The van der Waals surface area contributed by atoms with E-state index in [0.717, 1.165) is 5.56 Å². The second kappa shape index (κ2) is 5.09. The highest BCUT2D eigenvalue weighted by molar-refractivity contribution is 5.19. The van der Waals surface area contributed by atoms with Crippen LogP contribution in [0.1, 0.15) is 32.4 Å². The number of nitriles is 1. The Morgan fingerprint density at radius 3 is 2.75 bits per heavy atom. The molecule has 0 aliphatic rings. The van der Waals surface area contributed by atoms with Crippen LogP contribution in [0.5, 0.6) is 0 Å². The molecule has 1 rings (SSSR count). The molecule has 0 spiro atoms. The largest absolute Gasteiger partial charge is 0.309 e. The van der Waals surface area contributed by atoms with Crippen LogP contribution in [0.3, 0.4) is 0 Å². The van der Waals surface area contributed by atoms with Crippen LogP contribution >= 0.6 is 0 Å². The topological polar surface area (TPSA) is 35.8 Å². The van der Waals surface area contributed by atoms with Crippen molar-refractivity contribution in [1.82, 2.24) is 5.32 Å². The van der Waals surface area contributed by atoms with Crippen molar-refractivity contribution in [3.05, 3.63) is 35.6 Å². The average molecular weight is 220 g/mol. The first-order chi connectivity index (χ1) is 7.44. The predicted octanol–water partition coefficient (Wildman–Crippen LogP) is 3.03. The van der Waals surface area contributed by atoms with E-state index < -0.39 is 5.41 Å². The molecule has 0 aromatic heterocycles. The van der Waals surface area contributed by atoms with E-state index in [-0.39, 0.29) is 11.9 Å². The fourth-order valence-electron chi connectivity index (χ4n) is 1.34. The van der Waals surface area contributed by atoms with Gasteiger partial charge in [-0.15, -0.1) is 0 Å². The Balaban J connectivity index is 2.60. The summed E-state index contributed by atoms with van der Waals surface area (Å²) >= 11 is 0. The van der Waals surface area contributed by atoms with Gasteiger partial charge in [0.2, 0.25) is 0 Å². The standard InChI is InChI=1S/C13H17FN2/c1-10(16-9-13(2,3)8-15)11-5-4-6-12(14)7-11/h4-7,10,16H,9H2,1-3H3. The van der Waals surface area contributed by atoms with E-state index in [2.05, 4.69) is 11.4 Å². The molecular formula is C13H17FN2. The maximum absolute atomic E-state index is 13.0. The molecule has 0 saturated carbocycles. The molecule has 0 amide bonds. The van der Waals surface area contributed by atoms with Crippen molar-refractivity contribution in [3.63, 3.8) is 0 Å². The molecule has 1 unspecified atom stereocenters. The van der Waals surface area contributed by atoms with Crippen LogP contribution in [-0.2, 0) is 0 Å². The van der Waals surface area contributed by atoms with Crippen LogP contribution in [0, 0.1) is 22.6 Å². The molecule has 0 fully saturated rings. The molecule has 0 bridgehead atoms. The van der Waals surface area contributed by atoms with E-state index >= 15 is 0 Å². The van der Waals surface area contributed by atoms with Crippen molar-refractivity contribution < 1.29 is 4.39 Å². The van der Waals surface area contributed by atoms with Crippen LogP contribution in [-0.4, -0.2) is 6.54 Å². The average Bonchev–Trinajstić information content (AvgIpc) is 2.26. The van der Waals surface area contributed by atoms with Crippen molar-refractivity contribution >= 4 is 0 Å². The minimum absolute atomic E-state index is 0.0447. The van der Waals surface area contributed by atoms with Crippen LogP contribution in [0.2, 0.25) is 0 Å². The Bertz CT molecular complexity index is 393. The Kier molecular flexibility index (Phi) is 4.03. The zero-order chi connectivity index (χ0) is 12.2. The van der Waals surface area contributed by atoms with Crippen LogP contribution in [0.4, 0.5) is 4.39 Å². The van der Waals surface area contributed by atoms with Gasteiger partial charge < -0.3 is 5.32 Å². The van der Waals surface area contributed by atoms with Crippen molar-refractivity contribution in [2.75, 3.05) is 6.54 Å². The summed E-state index contributed by atoms with van der Waals surface area (Å²) in [5.41, 5.74) is 0.496. The molecule has 86 valence electrons. The Hall–Kier alpha value is -1.40. The van der Waals surface area contributed by atoms with E-state index in [1.165, 1.54) is 12.1 Å². The van der Waals surface area contributed by atoms with Crippen molar-refractivity contribution in [2.24, 2.45) is 5.41 Å². The summed E-state index contributed by atoms with van der Waals surface area (Å²) < 4.78 is 13.0. The van der Waals surface area contributed by atoms with Gasteiger partial charge in [0.25, 0.3) is 0 Å². The molecule has 16 heavy (non-hydrogen) atoms. The van der Waals surface area contributed by atoms with Crippen LogP contribution < -0.4 is 5.32 Å². The van der Waals surface area contributed by atoms with Crippen molar-refractivity contribution in [1.29, 1.82) is 5.26 Å². The molecule has 1 atom stereocenters. The maximum atomic E-state index is 13.0. The van der Waals surface area contributed by atoms with Gasteiger partial charge in [-0.1, -0.05) is 12.1 Å². The fourth-order valence-corrected chi connectivity index (χ4v) is 1.34. The first kappa shape index (κ1) is 12.7. The highest BCUT2D eigenvalue weighted by Gasteiger charge is 2.17. The third kappa shape index (κ3) is 3.63. The first-order valence-electron chi connectivity index (χ1n) is 5.35. The Morgan fingerprint density at radius 1 is 1.50 bits per heavy atom. The van der Waals surface area contributed by atoms with Crippen molar-refractivity contribution in [2.45, 2.75) is 26.8 Å². The van der Waals surface area contributed by atoms with Gasteiger partial charge in [-0.2, -0.15) is 5.26 Å². The van der Waals surface area contributed by atoms with Gasteiger partial charge >= 0.3 is 0 Å². The first-order valence-corrected chi connectivity index (χ1v) is 5.35. The number of hydrogen-bond acceptors (Lipinski definition) is 2. The second-order valence-corrected chi connectivity index (χ2v) is 4.65. The van der Waals surface area contributed by atoms with Crippen LogP contribution in [0.25, 0.3) is 0 Å². The fraction of sp³-hybridized carbons (Fsp3) is 0.462. The molecule has 3 heteroatoms. The van der Waals surface area contributed by atoms with Crippen molar-refractivity contribution in [3.8, 4) is 6.07 Å². The summed E-state index contributed by atoms with van der Waals surface area (Å²) in [4.78, 5) is 0. The van der Waals surface area contributed by atoms with Gasteiger partial charge in [-0.05, 0) is 38.5 Å². The summed E-state index contributed by atoms with van der Waals surface area (Å²) in [7, 11) is 0. The molecule has 2 nitrogen and oxygen atoms in total. The van der Waals surface area contributed by atoms with E-state index in [0.29, 0.717) is 6.54 Å². The SMILES string of the molecule is CC(NCC(C)(C)C#N)c1cccc(F)c1. The number of rotatable bonds is 4. The molecule has 0 aliphatic carbocycles. The lowest BCUT2D eigenvalue weighted by Crippen LogP contribution is -2.30. The second-order valence-electron chi connectivity index (χ2n) is 4.65. The number of nitrogens with zero attached hydrogens (tertiary/aromatic N) is 1. The van der Waals surface area contributed by atoms with E-state index in [1.54, 1.807) is 6.07 Å². The lowest BCUT2D eigenvalue weighted by atomic mass is 9.95. The number of benzene rings is 1. The van der Waals surface area contributed by atoms with E-state index in [9.17, 15) is 4.39 Å². The monoisotopic (exact) mass is 220 g/mol. The molecule has 0 heterocycles. The third-order valence-corrected chi connectivity index (χ3v) is 2.50. The molecular weight excluding hydrogens is 203 g/mol. The summed E-state index contributed by atoms with van der Waals surface area (Å²) in [5.74, 6) is -0.231. The summed E-state index contributed by atoms with van der Waals surface area (Å²) in [5, 5.41) is 12.1.